The number of carbonyl (C=O) groups excluding carboxylic acids is 3. The van der Waals surface area contributed by atoms with E-state index in [1.807, 2.05) is 25.7 Å². The lowest BCUT2D eigenvalue weighted by molar-refractivity contribution is -0.143. The highest BCUT2D eigenvalue weighted by Crippen LogP contribution is 2.33. The summed E-state index contributed by atoms with van der Waals surface area (Å²) < 4.78 is 7.53. The third-order valence-corrected chi connectivity index (χ3v) is 8.39. The molecular weight excluding hydrogens is 518 g/mol. The lowest BCUT2D eigenvalue weighted by Gasteiger charge is -2.37. The second kappa shape index (κ2) is 13.4. The van der Waals surface area contributed by atoms with Crippen molar-refractivity contribution < 1.29 is 19.1 Å². The van der Waals surface area contributed by atoms with E-state index < -0.39 is 5.54 Å². The van der Waals surface area contributed by atoms with E-state index in [4.69, 9.17) is 4.74 Å². The molecule has 0 bridgehead atoms. The Morgan fingerprint density at radius 1 is 1.15 bits per heavy atom. The van der Waals surface area contributed by atoms with Crippen LogP contribution in [0, 0.1) is 17.8 Å². The van der Waals surface area contributed by atoms with E-state index in [9.17, 15) is 14.4 Å². The van der Waals surface area contributed by atoms with Crippen LogP contribution in [0.25, 0.3) is 10.9 Å². The number of piperidine rings is 1. The summed E-state index contributed by atoms with van der Waals surface area (Å²) in [6.45, 7) is 9.11. The molecule has 2 fully saturated rings. The zero-order valence-electron chi connectivity index (χ0n) is 25.7. The van der Waals surface area contributed by atoms with Crippen molar-refractivity contribution in [2.45, 2.75) is 77.5 Å². The van der Waals surface area contributed by atoms with Crippen LogP contribution in [0.3, 0.4) is 0 Å². The number of methoxy groups -OCH3 is 1. The molecule has 4 rings (SSSR count). The number of benzene rings is 1. The van der Waals surface area contributed by atoms with Gasteiger partial charge in [0, 0.05) is 77.1 Å². The van der Waals surface area contributed by atoms with Crippen LogP contribution < -0.4 is 10.6 Å². The van der Waals surface area contributed by atoms with E-state index in [-0.39, 0.29) is 41.5 Å². The van der Waals surface area contributed by atoms with Crippen LogP contribution in [0.4, 0.5) is 0 Å². The van der Waals surface area contributed by atoms with E-state index in [0.29, 0.717) is 39.1 Å². The largest absolute Gasteiger partial charge is 0.385 e. The fourth-order valence-electron chi connectivity index (χ4n) is 6.41. The van der Waals surface area contributed by atoms with Gasteiger partial charge in [-0.3, -0.25) is 14.4 Å². The van der Waals surface area contributed by atoms with Crippen molar-refractivity contribution in [2.75, 3.05) is 40.9 Å². The average Bonchev–Trinajstić information content (AvgIpc) is 3.73. The number of hydrogen-bond donors (Lipinski definition) is 2. The summed E-state index contributed by atoms with van der Waals surface area (Å²) in [4.78, 5) is 44.1. The molecule has 1 aliphatic heterocycles. The van der Waals surface area contributed by atoms with Crippen molar-refractivity contribution in [2.24, 2.45) is 17.8 Å². The van der Waals surface area contributed by atoms with Gasteiger partial charge in [0.05, 0.1) is 11.8 Å². The Labute approximate surface area is 244 Å². The van der Waals surface area contributed by atoms with Crippen LogP contribution in [0.2, 0.25) is 0 Å². The number of carbonyl (C=O) groups is 3. The SMILES string of the molecule is COCCCn1cc(CN(C(=O)C2CNCC(C(=O)NC(C)(CC(C)C)C(=O)N(C)C)C2)C2CC2)c2ccccc21. The average molecular weight is 568 g/mol. The number of likely N-dealkylation sites (N-methyl/N-ethyl adjacent to an activating group) is 1. The van der Waals surface area contributed by atoms with Gasteiger partial charge in [0.25, 0.3) is 0 Å². The molecule has 0 radical (unpaired) electrons. The molecule has 2 N–H and O–H groups in total. The molecular formula is C32H49N5O4. The highest BCUT2D eigenvalue weighted by atomic mass is 16.5. The zero-order chi connectivity index (χ0) is 29.7. The van der Waals surface area contributed by atoms with Gasteiger partial charge < -0.3 is 29.7 Å². The maximum absolute atomic E-state index is 14.0. The van der Waals surface area contributed by atoms with Crippen LogP contribution in [-0.2, 0) is 32.2 Å². The smallest absolute Gasteiger partial charge is 0.247 e. The number of fused-ring (bicyclic) bond motifs is 1. The summed E-state index contributed by atoms with van der Waals surface area (Å²) in [5.74, 6) is -0.578. The van der Waals surface area contributed by atoms with E-state index in [1.165, 1.54) is 15.8 Å². The molecule has 1 saturated carbocycles. The Bertz CT molecular complexity index is 1220. The van der Waals surface area contributed by atoms with Crippen molar-refractivity contribution >= 4 is 28.6 Å². The lowest BCUT2D eigenvalue weighted by Crippen LogP contribution is -2.59. The quantitative estimate of drug-likeness (QED) is 0.362. The summed E-state index contributed by atoms with van der Waals surface area (Å²) >= 11 is 0. The fraction of sp³-hybridized carbons (Fsp3) is 0.656. The molecule has 3 unspecified atom stereocenters. The second-order valence-electron chi connectivity index (χ2n) is 12.8. The molecule has 3 amide bonds. The minimum atomic E-state index is -0.983. The van der Waals surface area contributed by atoms with Crippen LogP contribution in [-0.4, -0.2) is 84.6 Å². The first-order chi connectivity index (χ1) is 19.5. The molecule has 2 aliphatic rings. The summed E-state index contributed by atoms with van der Waals surface area (Å²) in [5, 5.41) is 7.60. The number of nitrogens with one attached hydrogen (secondary N) is 2. The molecule has 2 heterocycles. The van der Waals surface area contributed by atoms with Crippen molar-refractivity contribution in [3.05, 3.63) is 36.0 Å². The van der Waals surface area contributed by atoms with Gasteiger partial charge in [0.1, 0.15) is 5.54 Å². The standard InChI is InChI=1S/C32H49N5O4/c1-22(2)17-32(3,31(40)35(4)5)34-29(38)23-16-24(19-33-18-23)30(39)37(26-12-13-26)21-25-20-36(14-9-15-41-6)28-11-8-7-10-27(25)28/h7-8,10-11,20,22-24,26,33H,9,12-19,21H2,1-6H3,(H,34,38). The summed E-state index contributed by atoms with van der Waals surface area (Å²) in [6, 6.07) is 8.63. The monoisotopic (exact) mass is 567 g/mol. The first-order valence-electron chi connectivity index (χ1n) is 15.1. The Hall–Kier alpha value is -2.91. The van der Waals surface area contributed by atoms with Crippen LogP contribution in [0.5, 0.6) is 0 Å². The Morgan fingerprint density at radius 3 is 2.51 bits per heavy atom. The molecule has 1 saturated heterocycles. The van der Waals surface area contributed by atoms with E-state index in [1.54, 1.807) is 21.2 Å². The number of nitrogens with zero attached hydrogens (tertiary/aromatic N) is 3. The summed E-state index contributed by atoms with van der Waals surface area (Å²) in [7, 11) is 5.15. The molecule has 0 spiro atoms. The molecule has 41 heavy (non-hydrogen) atoms. The number of ether oxygens (including phenoxy) is 1. The lowest BCUT2D eigenvalue weighted by atomic mass is 9.85. The Kier molecular flexibility index (Phi) is 10.1. The normalized spacial score (nSPS) is 20.6. The molecule has 1 aliphatic carbocycles. The molecule has 226 valence electrons. The van der Waals surface area contributed by atoms with Gasteiger partial charge in [-0.2, -0.15) is 0 Å². The van der Waals surface area contributed by atoms with E-state index in [0.717, 1.165) is 31.4 Å². The number of aromatic nitrogens is 1. The summed E-state index contributed by atoms with van der Waals surface area (Å²) in [5.41, 5.74) is 1.35. The molecule has 9 nitrogen and oxygen atoms in total. The first-order valence-corrected chi connectivity index (χ1v) is 15.1. The molecule has 2 aromatic rings. The third kappa shape index (κ3) is 7.49. The molecule has 1 aromatic carbocycles. The van der Waals surface area contributed by atoms with Crippen molar-refractivity contribution in [3.63, 3.8) is 0 Å². The minimum absolute atomic E-state index is 0.114. The van der Waals surface area contributed by atoms with Gasteiger partial charge in [-0.15, -0.1) is 0 Å². The second-order valence-corrected chi connectivity index (χ2v) is 12.8. The predicted molar refractivity (Wildman–Crippen MR) is 161 cm³/mol. The van der Waals surface area contributed by atoms with E-state index >= 15 is 0 Å². The Morgan fingerprint density at radius 2 is 1.85 bits per heavy atom. The van der Waals surface area contributed by atoms with Gasteiger partial charge in [0.15, 0.2) is 0 Å². The molecule has 3 atom stereocenters. The van der Waals surface area contributed by atoms with Crippen LogP contribution >= 0.6 is 0 Å². The summed E-state index contributed by atoms with van der Waals surface area (Å²) in [6.07, 6.45) is 6.18. The van der Waals surface area contributed by atoms with Gasteiger partial charge >= 0.3 is 0 Å². The molecule has 9 heteroatoms. The van der Waals surface area contributed by atoms with Crippen molar-refractivity contribution in [1.82, 2.24) is 25.0 Å². The number of para-hydroxylation sites is 1. The number of aryl methyl sites for hydroxylation is 1. The number of hydrogen-bond acceptors (Lipinski definition) is 5. The number of rotatable bonds is 13. The maximum Gasteiger partial charge on any atom is 0.247 e. The number of amides is 3. The van der Waals surface area contributed by atoms with Crippen LogP contribution in [0.15, 0.2) is 30.5 Å². The Balaban J connectivity index is 1.47. The maximum atomic E-state index is 14.0. The molecule has 1 aromatic heterocycles. The first kappa shape index (κ1) is 31.0. The van der Waals surface area contributed by atoms with Gasteiger partial charge in [-0.25, -0.2) is 0 Å². The third-order valence-electron chi connectivity index (χ3n) is 8.39. The topological polar surface area (TPSA) is 95.9 Å². The minimum Gasteiger partial charge on any atom is -0.385 e. The fourth-order valence-corrected chi connectivity index (χ4v) is 6.41. The van der Waals surface area contributed by atoms with E-state index in [2.05, 4.69) is 45.7 Å². The van der Waals surface area contributed by atoms with Crippen molar-refractivity contribution in [3.8, 4) is 0 Å². The van der Waals surface area contributed by atoms with Gasteiger partial charge in [0.2, 0.25) is 17.7 Å². The van der Waals surface area contributed by atoms with Gasteiger partial charge in [-0.05, 0) is 56.6 Å². The predicted octanol–water partition coefficient (Wildman–Crippen LogP) is 3.40. The van der Waals surface area contributed by atoms with Gasteiger partial charge in [-0.1, -0.05) is 32.0 Å². The highest BCUT2D eigenvalue weighted by molar-refractivity contribution is 5.92. The zero-order valence-corrected chi connectivity index (χ0v) is 25.7. The highest BCUT2D eigenvalue weighted by Gasteiger charge is 2.42. The van der Waals surface area contributed by atoms with Crippen molar-refractivity contribution in [1.29, 1.82) is 0 Å². The van der Waals surface area contributed by atoms with Crippen LogP contribution in [0.1, 0.15) is 58.4 Å².